The van der Waals surface area contributed by atoms with Gasteiger partial charge < -0.3 is 22.2 Å². The molecule has 2 fully saturated rings. The third-order valence-corrected chi connectivity index (χ3v) is 10.7. The smallest absolute Gasteiger partial charge is 0.418 e. The molecular formula is C26H39BF4NPPd. The van der Waals surface area contributed by atoms with E-state index >= 15 is 0 Å². The van der Waals surface area contributed by atoms with Crippen LogP contribution < -0.4 is 0 Å². The molecule has 0 bridgehead atoms. The molecule has 1 nitrogen and oxygen atoms in total. The molecule has 2 unspecified atom stereocenters. The van der Waals surface area contributed by atoms with E-state index in [-0.39, 0.29) is 20.4 Å². The van der Waals surface area contributed by atoms with Gasteiger partial charge in [-0.2, -0.15) is 18.2 Å². The minimum atomic E-state index is -6.00. The summed E-state index contributed by atoms with van der Waals surface area (Å²) in [6.07, 6.45) is 10.9. The largest absolute Gasteiger partial charge is 2.00 e. The number of fused-ring (bicyclic) bond motifs is 1. The second-order valence-electron chi connectivity index (χ2n) is 9.85. The second kappa shape index (κ2) is 14.9. The maximum absolute atomic E-state index is 9.75. The maximum atomic E-state index is 9.75. The quantitative estimate of drug-likeness (QED) is 0.150. The molecule has 1 saturated heterocycles. The van der Waals surface area contributed by atoms with Crippen molar-refractivity contribution in [3.63, 3.8) is 0 Å². The molecule has 0 radical (unpaired) electrons. The molecule has 1 heterocycles. The molecular weight excluding hydrogens is 550 g/mol. The van der Waals surface area contributed by atoms with Crippen LogP contribution in [0.25, 0.3) is 10.8 Å². The fraction of sp³-hybridized carbons (Fsp3) is 0.615. The van der Waals surface area contributed by atoms with E-state index < -0.39 is 7.25 Å². The molecule has 0 spiro atoms. The van der Waals surface area contributed by atoms with Crippen LogP contribution in [0.4, 0.5) is 17.3 Å². The van der Waals surface area contributed by atoms with Crippen LogP contribution >= 0.6 is 7.92 Å². The van der Waals surface area contributed by atoms with E-state index in [1.807, 2.05) is 0 Å². The van der Waals surface area contributed by atoms with Gasteiger partial charge in [0.25, 0.3) is 0 Å². The van der Waals surface area contributed by atoms with E-state index in [1.165, 1.54) is 41.3 Å². The van der Waals surface area contributed by atoms with Crippen LogP contribution in [0.15, 0.2) is 36.4 Å². The molecule has 1 saturated carbocycles. The summed E-state index contributed by atoms with van der Waals surface area (Å²) in [5.74, 6) is 2.07. The van der Waals surface area contributed by atoms with Crippen LogP contribution in [-0.2, 0) is 20.4 Å². The van der Waals surface area contributed by atoms with Gasteiger partial charge >= 0.3 is 27.7 Å². The Hall–Kier alpha value is -0.463. The summed E-state index contributed by atoms with van der Waals surface area (Å²) in [7, 11) is -1.36. The Balaban J connectivity index is 0.000000280. The molecule has 2 aromatic rings. The first-order valence-electron chi connectivity index (χ1n) is 12.1. The van der Waals surface area contributed by atoms with Crippen molar-refractivity contribution in [3.05, 3.63) is 48.0 Å². The Bertz CT molecular complexity index is 829. The van der Waals surface area contributed by atoms with Crippen LogP contribution in [0.1, 0.15) is 64.5 Å². The third kappa shape index (κ3) is 11.1. The second-order valence-corrected chi connectivity index (χ2v) is 12.5. The molecule has 34 heavy (non-hydrogen) atoms. The SMILES string of the molecule is CC1CP(C2CCCCC2)CC1C.C[C@@H](c1[c-]cc2ccccc2c1)N(C)C.F[B-](F)(F)F.[Pd+2]. The van der Waals surface area contributed by atoms with E-state index in [2.05, 4.69) is 82.2 Å². The third-order valence-electron chi connectivity index (χ3n) is 7.03. The maximum Gasteiger partial charge on any atom is 2.00 e. The Morgan fingerprint density at radius 3 is 1.94 bits per heavy atom. The van der Waals surface area contributed by atoms with Crippen molar-refractivity contribution < 1.29 is 37.7 Å². The van der Waals surface area contributed by atoms with Crippen LogP contribution in [0.2, 0.25) is 0 Å². The summed E-state index contributed by atoms with van der Waals surface area (Å²) < 4.78 is 39.0. The van der Waals surface area contributed by atoms with Crippen LogP contribution in [0, 0.1) is 17.9 Å². The van der Waals surface area contributed by atoms with E-state index in [0.717, 1.165) is 11.8 Å². The van der Waals surface area contributed by atoms with Crippen molar-refractivity contribution in [2.24, 2.45) is 11.8 Å². The Morgan fingerprint density at radius 1 is 0.941 bits per heavy atom. The van der Waals surface area contributed by atoms with Gasteiger partial charge in [0.05, 0.1) is 0 Å². The molecule has 0 aromatic heterocycles. The van der Waals surface area contributed by atoms with Gasteiger partial charge in [0.15, 0.2) is 0 Å². The first-order valence-corrected chi connectivity index (χ1v) is 13.9. The van der Waals surface area contributed by atoms with Crippen LogP contribution in [0.5, 0.6) is 0 Å². The van der Waals surface area contributed by atoms with Crippen molar-refractivity contribution >= 4 is 25.9 Å². The van der Waals surface area contributed by atoms with Gasteiger partial charge in [-0.15, -0.1) is 30.3 Å². The zero-order valence-electron chi connectivity index (χ0n) is 21.0. The van der Waals surface area contributed by atoms with Crippen LogP contribution in [0.3, 0.4) is 0 Å². The molecule has 0 N–H and O–H groups in total. The minimum Gasteiger partial charge on any atom is -0.418 e. The fourth-order valence-corrected chi connectivity index (χ4v) is 8.62. The molecule has 194 valence electrons. The molecule has 8 heteroatoms. The summed E-state index contributed by atoms with van der Waals surface area (Å²) in [5.41, 5.74) is 2.43. The number of halogens is 4. The molecule has 2 aliphatic rings. The van der Waals surface area contributed by atoms with Gasteiger partial charge in [0, 0.05) is 6.04 Å². The molecule has 3 atom stereocenters. The number of hydrogen-bond acceptors (Lipinski definition) is 1. The molecule has 1 aliphatic heterocycles. The van der Waals surface area contributed by atoms with Crippen molar-refractivity contribution in [2.45, 2.75) is 64.6 Å². The topological polar surface area (TPSA) is 3.24 Å². The number of hydrogen-bond donors (Lipinski definition) is 0. The van der Waals surface area contributed by atoms with E-state index in [0.29, 0.717) is 14.0 Å². The molecule has 1 aliphatic carbocycles. The van der Waals surface area contributed by atoms with E-state index in [4.69, 9.17) is 0 Å². The molecule has 0 amide bonds. The zero-order chi connectivity index (χ0) is 24.6. The van der Waals surface area contributed by atoms with Gasteiger partial charge in [0.2, 0.25) is 0 Å². The summed E-state index contributed by atoms with van der Waals surface area (Å²) >= 11 is 0. The predicted molar refractivity (Wildman–Crippen MR) is 137 cm³/mol. The average molecular weight is 590 g/mol. The number of nitrogens with zero attached hydrogens (tertiary/aromatic N) is 1. The van der Waals surface area contributed by atoms with Gasteiger partial charge in [-0.1, -0.05) is 51.3 Å². The number of benzene rings is 2. The summed E-state index contributed by atoms with van der Waals surface area (Å²) in [6.45, 7) is 7.13. The number of rotatable bonds is 3. The van der Waals surface area contributed by atoms with E-state index in [9.17, 15) is 17.3 Å². The molecule has 4 rings (SSSR count). The first kappa shape index (κ1) is 31.6. The summed E-state index contributed by atoms with van der Waals surface area (Å²) in [4.78, 5) is 2.20. The Labute approximate surface area is 219 Å². The minimum absolute atomic E-state index is 0. The Morgan fingerprint density at radius 2 is 1.44 bits per heavy atom. The predicted octanol–water partition coefficient (Wildman–Crippen LogP) is 8.65. The molecule has 2 aromatic carbocycles. The van der Waals surface area contributed by atoms with Crippen molar-refractivity contribution in [1.82, 2.24) is 4.90 Å². The van der Waals surface area contributed by atoms with Gasteiger partial charge in [-0.3, -0.25) is 0 Å². The average Bonchev–Trinajstić information content (AvgIpc) is 3.11. The zero-order valence-corrected chi connectivity index (χ0v) is 23.5. The van der Waals surface area contributed by atoms with E-state index in [1.54, 1.807) is 25.2 Å². The van der Waals surface area contributed by atoms with Gasteiger partial charge in [-0.05, 0) is 63.7 Å². The van der Waals surface area contributed by atoms with Crippen molar-refractivity contribution in [1.29, 1.82) is 0 Å². The normalized spacial score (nSPS) is 23.9. The summed E-state index contributed by atoms with van der Waals surface area (Å²) in [6, 6.07) is 16.5. The van der Waals surface area contributed by atoms with Gasteiger partial charge in [0.1, 0.15) is 0 Å². The van der Waals surface area contributed by atoms with Crippen molar-refractivity contribution in [3.8, 4) is 0 Å². The van der Waals surface area contributed by atoms with Crippen LogP contribution in [-0.4, -0.2) is 44.2 Å². The first-order chi connectivity index (χ1) is 15.5. The summed E-state index contributed by atoms with van der Waals surface area (Å²) in [5, 5.41) is 2.55. The van der Waals surface area contributed by atoms with Gasteiger partial charge in [-0.25, -0.2) is 0 Å². The Kier molecular flexibility index (Phi) is 13.9. The van der Waals surface area contributed by atoms with Crippen molar-refractivity contribution in [2.75, 3.05) is 26.4 Å². The fourth-order valence-electron chi connectivity index (χ4n) is 4.58. The standard InChI is InChI=1S/C14H16N.C12H23P.BF4.Pd/c1-11(15(2)3)13-9-8-12-6-4-5-7-14(12)10-13;1-10-8-13(9-11(10)2)12-6-4-3-5-7-12;2-1(3,4)5;/h4-8,10-11H,1-3H3;10-12H,3-9H2,1-2H3;;/q-1;;-1;+2/t11-;;;/m0.../s1. The monoisotopic (exact) mass is 589 g/mol.